The minimum atomic E-state index is -1.79. The van der Waals surface area contributed by atoms with E-state index in [0.29, 0.717) is 11.4 Å². The molecule has 1 radical (unpaired) electrons. The fourth-order valence-electron chi connectivity index (χ4n) is 8.67. The summed E-state index contributed by atoms with van der Waals surface area (Å²) in [5.74, 6) is 5.37. The number of nitrogens with zero attached hydrogens (tertiary/aromatic N) is 3. The Morgan fingerprint density at radius 1 is 0.691 bits per heavy atom. The molecule has 0 amide bonds. The van der Waals surface area contributed by atoms with Gasteiger partial charge in [0.25, 0.3) is 0 Å². The van der Waals surface area contributed by atoms with E-state index in [0.717, 1.165) is 83.3 Å². The number of imidazole rings is 1. The Hall–Kier alpha value is -5.92. The van der Waals surface area contributed by atoms with E-state index >= 15 is 0 Å². The van der Waals surface area contributed by atoms with Crippen molar-refractivity contribution in [3.63, 3.8) is 0 Å². The largest absolute Gasteiger partial charge is 0 e. The average molecular weight is 1130 g/mol. The van der Waals surface area contributed by atoms with Gasteiger partial charge in [0.2, 0.25) is 0 Å². The quantitative estimate of drug-likeness (QED) is 0.112. The number of hydrogen-bond donors (Lipinski definition) is 0. The molecule has 0 N–H and O–H groups in total. The number of hydrogen-bond acceptors (Lipinski definition) is 3. The van der Waals surface area contributed by atoms with Crippen LogP contribution in [0.2, 0.25) is 17.3 Å². The van der Waals surface area contributed by atoms with Crippen molar-refractivity contribution in [3.8, 4) is 50.6 Å². The number of fused-ring (bicyclic) bond motifs is 4. The van der Waals surface area contributed by atoms with Crippen LogP contribution in [0.3, 0.4) is 0 Å². The normalized spacial score (nSPS) is 12.6. The summed E-state index contributed by atoms with van der Waals surface area (Å²) in [6.45, 7) is 14.4. The number of halogens is 1. The molecule has 10 rings (SSSR count). The zero-order valence-electron chi connectivity index (χ0n) is 42.5. The first-order valence-corrected chi connectivity index (χ1v) is 30.3. The molecule has 68 heavy (non-hydrogen) atoms. The molecular formula is C61H58FGeIrN3O-2. The van der Waals surface area contributed by atoms with Crippen molar-refractivity contribution >= 4 is 50.6 Å². The zero-order valence-corrected chi connectivity index (χ0v) is 45.0. The zero-order chi connectivity index (χ0) is 49.0. The molecule has 3 heterocycles. The van der Waals surface area contributed by atoms with Crippen LogP contribution in [0, 0.1) is 17.9 Å². The predicted molar refractivity (Wildman–Crippen MR) is 282 cm³/mol. The van der Waals surface area contributed by atoms with E-state index < -0.39 is 25.1 Å². The fourth-order valence-corrected chi connectivity index (χ4v) is 10.8. The van der Waals surface area contributed by atoms with E-state index in [4.69, 9.17) is 9.40 Å². The maximum Gasteiger partial charge on any atom is 0 e. The maximum absolute atomic E-state index is 12.8. The van der Waals surface area contributed by atoms with Crippen LogP contribution >= 0.6 is 0 Å². The van der Waals surface area contributed by atoms with Crippen molar-refractivity contribution in [2.24, 2.45) is 0 Å². The van der Waals surface area contributed by atoms with Gasteiger partial charge < -0.3 is 8.98 Å². The SMILES string of the molecule is [2H]C(C)(C)c1cc(-c2ccc(C(C)(C)C)cc2)cc(C([2H])(C)C)c1-n1c(-c2[c-]ccc3c2oc2cc(-c4ccccc4)ccc23)nc2ccccc21.[CH3][Ge]([CH3])([CH3])[c]1ccc(-c2[c-]cc(F)cc2)nc1.[Ir]. The van der Waals surface area contributed by atoms with E-state index in [-0.39, 0.29) is 31.3 Å². The van der Waals surface area contributed by atoms with Crippen LogP contribution in [0.4, 0.5) is 4.39 Å². The van der Waals surface area contributed by atoms with Gasteiger partial charge in [-0.15, -0.1) is 18.2 Å². The van der Waals surface area contributed by atoms with Crippen molar-refractivity contribution in [3.05, 3.63) is 192 Å². The van der Waals surface area contributed by atoms with E-state index in [1.165, 1.54) is 22.1 Å². The van der Waals surface area contributed by atoms with E-state index in [2.05, 4.69) is 145 Å². The van der Waals surface area contributed by atoms with Crippen LogP contribution in [0.5, 0.6) is 0 Å². The summed E-state index contributed by atoms with van der Waals surface area (Å²) in [7, 11) is 0. The summed E-state index contributed by atoms with van der Waals surface area (Å²) in [5, 5.41) is 2.01. The van der Waals surface area contributed by atoms with Crippen molar-refractivity contribution < 1.29 is 31.7 Å². The second kappa shape index (κ2) is 19.6. The molecule has 0 atom stereocenters. The van der Waals surface area contributed by atoms with Crippen molar-refractivity contribution in [1.82, 2.24) is 14.5 Å². The number of pyridine rings is 1. The summed E-state index contributed by atoms with van der Waals surface area (Å²) in [5.41, 5.74) is 13.6. The number of benzene rings is 7. The van der Waals surface area contributed by atoms with E-state index in [1.807, 2.05) is 82.4 Å². The third-order valence-electron chi connectivity index (χ3n) is 12.5. The van der Waals surface area contributed by atoms with E-state index in [1.54, 1.807) is 6.07 Å². The number of aromatic nitrogens is 3. The Kier molecular flexibility index (Phi) is 13.2. The van der Waals surface area contributed by atoms with Gasteiger partial charge in [-0.1, -0.05) is 138 Å². The Morgan fingerprint density at radius 2 is 1.35 bits per heavy atom. The Labute approximate surface area is 420 Å². The summed E-state index contributed by atoms with van der Waals surface area (Å²) < 4.78 is 42.1. The van der Waals surface area contributed by atoms with Gasteiger partial charge in [0.1, 0.15) is 5.58 Å². The molecule has 0 bridgehead atoms. The molecule has 7 aromatic carbocycles. The van der Waals surface area contributed by atoms with Crippen LogP contribution in [-0.4, -0.2) is 27.8 Å². The molecule has 0 aliphatic heterocycles. The summed E-state index contributed by atoms with van der Waals surface area (Å²) >= 11 is -1.79. The van der Waals surface area contributed by atoms with Gasteiger partial charge in [-0.25, -0.2) is 0 Å². The van der Waals surface area contributed by atoms with Gasteiger partial charge in [0.05, 0.1) is 22.4 Å². The van der Waals surface area contributed by atoms with Crippen LogP contribution in [0.15, 0.2) is 162 Å². The second-order valence-electron chi connectivity index (χ2n) is 19.9. The van der Waals surface area contributed by atoms with Crippen molar-refractivity contribution in [2.75, 3.05) is 0 Å². The maximum atomic E-state index is 12.8. The molecule has 4 nitrogen and oxygen atoms in total. The van der Waals surface area contributed by atoms with Crippen LogP contribution in [0.25, 0.3) is 83.6 Å². The first-order chi connectivity index (χ1) is 32.6. The summed E-state index contributed by atoms with van der Waals surface area (Å²) in [6, 6.07) is 56.8. The third kappa shape index (κ3) is 9.83. The van der Waals surface area contributed by atoms with Gasteiger partial charge in [-0.3, -0.25) is 4.98 Å². The summed E-state index contributed by atoms with van der Waals surface area (Å²) in [6.07, 6.45) is 1.95. The standard InChI is InChI=1S/C47H43N2O.C14H15FGeN.Ir/c1-29(2)39-26-34(32-20-23-35(24-21-32)47(5,6)7)27-40(30(3)4)44(39)49-42-19-12-11-18-41(42)48-46(49)38-17-13-16-37-36-25-22-33(28-43(36)50-45(37)38)31-14-9-8-10-15-31;1-16(2,3)13-8-9-14(17-10-13)11-4-6-12(15)7-5-11;/h8-16,18-30H,1-7H3;4,6-10H,1-3H3;/q2*-1;/i29D,30D;;. The monoisotopic (exact) mass is 1140 g/mol. The van der Waals surface area contributed by atoms with Gasteiger partial charge in [-0.05, 0) is 86.5 Å². The number of para-hydroxylation sites is 2. The number of furan rings is 1. The molecule has 0 saturated heterocycles. The molecule has 0 unspecified atom stereocenters. The first-order valence-electron chi connectivity index (χ1n) is 24.0. The Bertz CT molecular complexity index is 3430. The van der Waals surface area contributed by atoms with Gasteiger partial charge in [-0.2, -0.15) is 0 Å². The van der Waals surface area contributed by atoms with Crippen molar-refractivity contribution in [1.29, 1.82) is 0 Å². The Balaban J connectivity index is 0.000000309. The Morgan fingerprint density at radius 3 is 1.97 bits per heavy atom. The molecule has 0 spiro atoms. The van der Waals surface area contributed by atoms with Crippen LogP contribution in [-0.2, 0) is 25.5 Å². The molecule has 345 valence electrons. The molecule has 7 heteroatoms. The topological polar surface area (TPSA) is 43.9 Å². The minimum absolute atomic E-state index is 0. The molecule has 0 saturated carbocycles. The number of rotatable bonds is 8. The molecule has 0 aliphatic carbocycles. The molecule has 10 aromatic rings. The van der Waals surface area contributed by atoms with Gasteiger partial charge in [0.15, 0.2) is 0 Å². The molecule has 3 aromatic heterocycles. The molecule has 0 fully saturated rings. The van der Waals surface area contributed by atoms with Crippen LogP contribution in [0.1, 0.15) is 79.7 Å². The van der Waals surface area contributed by atoms with Crippen LogP contribution < -0.4 is 4.40 Å². The predicted octanol–water partition coefficient (Wildman–Crippen LogP) is 16.5. The average Bonchev–Trinajstić information content (AvgIpc) is 3.89. The first kappa shape index (κ1) is 45.8. The fraction of sp³-hybridized carbons (Fsp3) is 0.213. The van der Waals surface area contributed by atoms with E-state index in [9.17, 15) is 7.13 Å². The van der Waals surface area contributed by atoms with Crippen molar-refractivity contribution in [2.45, 2.75) is 82.9 Å². The molecular weight excluding hydrogens is 1070 g/mol. The third-order valence-corrected chi connectivity index (χ3v) is 16.8. The minimum Gasteiger partial charge on any atom is 0 e. The van der Waals surface area contributed by atoms with Gasteiger partial charge >= 0.3 is 104 Å². The smallest absolute Gasteiger partial charge is 0 e. The van der Waals surface area contributed by atoms with Gasteiger partial charge in [0, 0.05) is 33.9 Å². The molecule has 0 aliphatic rings. The second-order valence-corrected chi connectivity index (χ2v) is 30.5. The summed E-state index contributed by atoms with van der Waals surface area (Å²) in [4.78, 5) is 9.69.